The molecule has 8 nitrogen and oxygen atoms in total. The quantitative estimate of drug-likeness (QED) is 0.541. The average molecular weight is 400 g/mol. The van der Waals surface area contributed by atoms with E-state index >= 15 is 0 Å². The SMILES string of the molecule is CCCCCCNC(=O)NC(=O)c1ccc2c(c1)CN(N1C(=O)CCCC1=O)C2. The van der Waals surface area contributed by atoms with Gasteiger partial charge in [0.25, 0.3) is 5.91 Å². The molecule has 0 radical (unpaired) electrons. The van der Waals surface area contributed by atoms with E-state index in [-0.39, 0.29) is 11.8 Å². The lowest BCUT2D eigenvalue weighted by molar-refractivity contribution is -0.169. The minimum atomic E-state index is -0.502. The van der Waals surface area contributed by atoms with Gasteiger partial charge in [0.1, 0.15) is 0 Å². The molecule has 156 valence electrons. The molecule has 2 heterocycles. The number of nitrogens with one attached hydrogen (secondary N) is 2. The summed E-state index contributed by atoms with van der Waals surface area (Å²) in [6.07, 6.45) is 5.54. The fourth-order valence-corrected chi connectivity index (χ4v) is 3.69. The first-order chi connectivity index (χ1) is 14.0. The van der Waals surface area contributed by atoms with Crippen molar-refractivity contribution in [2.45, 2.75) is 65.0 Å². The van der Waals surface area contributed by atoms with Crippen LogP contribution in [-0.4, -0.2) is 40.3 Å². The van der Waals surface area contributed by atoms with E-state index in [1.807, 2.05) is 6.07 Å². The van der Waals surface area contributed by atoms with E-state index in [9.17, 15) is 19.2 Å². The van der Waals surface area contributed by atoms with Crippen molar-refractivity contribution in [3.63, 3.8) is 0 Å². The lowest BCUT2D eigenvalue weighted by atomic mass is 10.1. The molecule has 0 aliphatic carbocycles. The standard InChI is InChI=1S/C21H28N4O4/c1-2-3-4-5-11-22-21(29)23-20(28)15-9-10-16-13-24(14-17(16)12-15)25-18(26)7-6-8-19(25)27/h9-10,12H,2-8,11,13-14H2,1H3,(H2,22,23,28,29). The van der Waals surface area contributed by atoms with Crippen LogP contribution in [0.4, 0.5) is 4.79 Å². The maximum Gasteiger partial charge on any atom is 0.321 e. The first-order valence-corrected chi connectivity index (χ1v) is 10.3. The maximum atomic E-state index is 12.4. The number of imide groups is 2. The molecule has 29 heavy (non-hydrogen) atoms. The van der Waals surface area contributed by atoms with Crippen LogP contribution in [0.1, 0.15) is 73.4 Å². The van der Waals surface area contributed by atoms with Gasteiger partial charge in [-0.05, 0) is 36.1 Å². The Morgan fingerprint density at radius 1 is 1.00 bits per heavy atom. The molecule has 2 N–H and O–H groups in total. The molecule has 2 aliphatic heterocycles. The topological polar surface area (TPSA) is 98.8 Å². The molecule has 2 aliphatic rings. The Morgan fingerprint density at radius 2 is 1.72 bits per heavy atom. The van der Waals surface area contributed by atoms with Gasteiger partial charge in [-0.15, -0.1) is 0 Å². The lowest BCUT2D eigenvalue weighted by Gasteiger charge is -2.32. The molecule has 1 aromatic rings. The second kappa shape index (κ2) is 9.65. The van der Waals surface area contributed by atoms with Crippen LogP contribution < -0.4 is 10.6 Å². The number of amides is 5. The van der Waals surface area contributed by atoms with Crippen molar-refractivity contribution in [2.75, 3.05) is 6.54 Å². The molecule has 0 unspecified atom stereocenters. The highest BCUT2D eigenvalue weighted by atomic mass is 16.2. The van der Waals surface area contributed by atoms with Gasteiger partial charge in [-0.2, -0.15) is 0 Å². The number of piperidine rings is 1. The average Bonchev–Trinajstić information content (AvgIpc) is 3.10. The molecule has 0 saturated carbocycles. The molecule has 5 amide bonds. The highest BCUT2D eigenvalue weighted by Crippen LogP contribution is 2.27. The zero-order chi connectivity index (χ0) is 20.8. The molecular formula is C21H28N4O4. The van der Waals surface area contributed by atoms with E-state index in [2.05, 4.69) is 17.6 Å². The smallest absolute Gasteiger partial charge is 0.321 e. The van der Waals surface area contributed by atoms with E-state index in [0.29, 0.717) is 44.5 Å². The number of hydrazine groups is 1. The zero-order valence-electron chi connectivity index (χ0n) is 16.8. The summed E-state index contributed by atoms with van der Waals surface area (Å²) in [5.74, 6) is -0.826. The summed E-state index contributed by atoms with van der Waals surface area (Å²) in [6.45, 7) is 3.50. The van der Waals surface area contributed by atoms with Crippen molar-refractivity contribution in [2.24, 2.45) is 0 Å². The highest BCUT2D eigenvalue weighted by Gasteiger charge is 2.34. The Kier molecular flexibility index (Phi) is 6.98. The highest BCUT2D eigenvalue weighted by molar-refractivity contribution is 6.04. The van der Waals surface area contributed by atoms with Crippen LogP contribution in [-0.2, 0) is 22.7 Å². The van der Waals surface area contributed by atoms with Gasteiger partial charge in [0.15, 0.2) is 0 Å². The molecule has 1 fully saturated rings. The summed E-state index contributed by atoms with van der Waals surface area (Å²) < 4.78 is 0. The normalized spacial score (nSPS) is 16.7. The second-order valence-corrected chi connectivity index (χ2v) is 7.53. The molecular weight excluding hydrogens is 372 g/mol. The summed E-state index contributed by atoms with van der Waals surface area (Å²) in [6, 6.07) is 4.69. The van der Waals surface area contributed by atoms with Crippen LogP contribution in [0.25, 0.3) is 0 Å². The summed E-state index contributed by atoms with van der Waals surface area (Å²) in [4.78, 5) is 48.5. The minimum Gasteiger partial charge on any atom is -0.338 e. The molecule has 8 heteroatoms. The first-order valence-electron chi connectivity index (χ1n) is 10.3. The number of urea groups is 1. The van der Waals surface area contributed by atoms with E-state index in [1.54, 1.807) is 17.1 Å². The summed E-state index contributed by atoms with van der Waals surface area (Å²) in [5, 5.41) is 8.01. The van der Waals surface area contributed by atoms with E-state index in [1.165, 1.54) is 5.01 Å². The number of nitrogens with zero attached hydrogens (tertiary/aromatic N) is 2. The van der Waals surface area contributed by atoms with Crippen molar-refractivity contribution in [3.05, 3.63) is 34.9 Å². The second-order valence-electron chi connectivity index (χ2n) is 7.53. The molecule has 0 atom stereocenters. The Labute approximate surface area is 170 Å². The van der Waals surface area contributed by atoms with Crippen LogP contribution in [0.15, 0.2) is 18.2 Å². The predicted octanol–water partition coefficient (Wildman–Crippen LogP) is 2.48. The largest absolute Gasteiger partial charge is 0.338 e. The maximum absolute atomic E-state index is 12.4. The van der Waals surface area contributed by atoms with Crippen molar-refractivity contribution in [3.8, 4) is 0 Å². The first kappa shape index (κ1) is 21.0. The van der Waals surface area contributed by atoms with Crippen molar-refractivity contribution >= 4 is 23.8 Å². The van der Waals surface area contributed by atoms with E-state index in [4.69, 9.17) is 0 Å². The Balaban J connectivity index is 1.55. The van der Waals surface area contributed by atoms with Crippen LogP contribution in [0, 0.1) is 0 Å². The van der Waals surface area contributed by atoms with Crippen molar-refractivity contribution in [1.82, 2.24) is 20.7 Å². The number of unbranched alkanes of at least 4 members (excludes halogenated alkanes) is 3. The van der Waals surface area contributed by atoms with Crippen LogP contribution in [0.5, 0.6) is 0 Å². The lowest BCUT2D eigenvalue weighted by Crippen LogP contribution is -2.49. The predicted molar refractivity (Wildman–Crippen MR) is 106 cm³/mol. The molecule has 3 rings (SSSR count). The number of fused-ring (bicyclic) bond motifs is 1. The van der Waals surface area contributed by atoms with Gasteiger partial charge in [0.05, 0.1) is 0 Å². The van der Waals surface area contributed by atoms with Gasteiger partial charge in [0, 0.05) is 38.0 Å². The van der Waals surface area contributed by atoms with Gasteiger partial charge in [-0.1, -0.05) is 32.3 Å². The fraction of sp³-hybridized carbons (Fsp3) is 0.524. The number of rotatable bonds is 7. The fourth-order valence-electron chi connectivity index (χ4n) is 3.69. The van der Waals surface area contributed by atoms with E-state index < -0.39 is 11.9 Å². The summed E-state index contributed by atoms with van der Waals surface area (Å²) in [7, 11) is 0. The monoisotopic (exact) mass is 400 g/mol. The summed E-state index contributed by atoms with van der Waals surface area (Å²) in [5.41, 5.74) is 2.22. The molecule has 0 spiro atoms. The number of hydrogen-bond acceptors (Lipinski definition) is 5. The van der Waals surface area contributed by atoms with Crippen molar-refractivity contribution < 1.29 is 19.2 Å². The van der Waals surface area contributed by atoms with Gasteiger partial charge in [0.2, 0.25) is 11.8 Å². The van der Waals surface area contributed by atoms with Gasteiger partial charge < -0.3 is 5.32 Å². The number of hydrogen-bond donors (Lipinski definition) is 2. The van der Waals surface area contributed by atoms with Crippen LogP contribution in [0.2, 0.25) is 0 Å². The summed E-state index contributed by atoms with van der Waals surface area (Å²) >= 11 is 0. The molecule has 0 bridgehead atoms. The van der Waals surface area contributed by atoms with E-state index in [0.717, 1.165) is 36.8 Å². The molecule has 1 aromatic carbocycles. The van der Waals surface area contributed by atoms with Gasteiger partial charge in [-0.25, -0.2) is 14.8 Å². The molecule has 1 saturated heterocycles. The van der Waals surface area contributed by atoms with Crippen LogP contribution in [0.3, 0.4) is 0 Å². The van der Waals surface area contributed by atoms with Gasteiger partial charge in [-0.3, -0.25) is 19.7 Å². The Morgan fingerprint density at radius 3 is 2.45 bits per heavy atom. The third-order valence-electron chi connectivity index (χ3n) is 5.25. The Hall–Kier alpha value is -2.74. The van der Waals surface area contributed by atoms with Gasteiger partial charge >= 0.3 is 6.03 Å². The minimum absolute atomic E-state index is 0.178. The van der Waals surface area contributed by atoms with Crippen molar-refractivity contribution in [1.29, 1.82) is 0 Å². The zero-order valence-corrected chi connectivity index (χ0v) is 16.8. The Bertz CT molecular complexity index is 792. The molecule has 0 aromatic heterocycles. The number of carbonyl (C=O) groups excluding carboxylic acids is 4. The third kappa shape index (κ3) is 5.20. The number of carbonyl (C=O) groups is 4. The number of benzene rings is 1. The third-order valence-corrected chi connectivity index (χ3v) is 5.25. The van der Waals surface area contributed by atoms with Crippen LogP contribution >= 0.6 is 0 Å².